The molecular formula is C18H26N2O4S. The zero-order chi connectivity index (χ0) is 17.5. The van der Waals surface area contributed by atoms with Crippen molar-refractivity contribution in [2.45, 2.75) is 43.1 Å². The first-order chi connectivity index (χ1) is 12.2. The first-order valence-corrected chi connectivity index (χ1v) is 9.61. The van der Waals surface area contributed by atoms with E-state index >= 15 is 0 Å². The summed E-state index contributed by atoms with van der Waals surface area (Å²) in [4.78, 5) is 12.2. The molecule has 3 rings (SSSR count). The Hall–Kier alpha value is -1.12. The summed E-state index contributed by atoms with van der Waals surface area (Å²) in [6, 6.07) is 10.2. The maximum atomic E-state index is 12.2. The van der Waals surface area contributed by atoms with Gasteiger partial charge < -0.3 is 9.47 Å². The number of amides is 1. The van der Waals surface area contributed by atoms with Crippen LogP contribution >= 0.6 is 11.9 Å². The number of carbonyl (C=O) groups is 1. The van der Waals surface area contributed by atoms with Crippen LogP contribution in [0, 0.1) is 0 Å². The molecule has 0 saturated carbocycles. The Bertz CT molecular complexity index is 543. The molecule has 2 heterocycles. The third kappa shape index (κ3) is 4.95. The highest BCUT2D eigenvalue weighted by Crippen LogP contribution is 2.39. The molecule has 0 unspecified atom stereocenters. The molecule has 0 aromatic heterocycles. The number of hydrogen-bond acceptors (Lipinski definition) is 6. The van der Waals surface area contributed by atoms with Crippen molar-refractivity contribution in [2.24, 2.45) is 0 Å². The minimum Gasteiger partial charge on any atom is -0.381 e. The van der Waals surface area contributed by atoms with Gasteiger partial charge in [-0.3, -0.25) is 10.0 Å². The zero-order valence-electron chi connectivity index (χ0n) is 14.4. The van der Waals surface area contributed by atoms with Crippen LogP contribution in [0.5, 0.6) is 0 Å². The largest absolute Gasteiger partial charge is 0.381 e. The quantitative estimate of drug-likeness (QED) is 0.458. The molecule has 2 N–H and O–H groups in total. The van der Waals surface area contributed by atoms with Crippen molar-refractivity contribution >= 4 is 17.9 Å². The average Bonchev–Trinajstić information content (AvgIpc) is 2.68. The number of hydrogen-bond donors (Lipinski definition) is 2. The van der Waals surface area contributed by atoms with Crippen LogP contribution in [0.3, 0.4) is 0 Å². The number of nitrogens with zero attached hydrogens (tertiary/aromatic N) is 1. The maximum absolute atomic E-state index is 12.2. The van der Waals surface area contributed by atoms with Gasteiger partial charge in [0.15, 0.2) is 0 Å². The van der Waals surface area contributed by atoms with E-state index in [9.17, 15) is 4.79 Å². The molecule has 0 aliphatic carbocycles. The number of piperidine rings is 1. The molecule has 6 nitrogen and oxygen atoms in total. The van der Waals surface area contributed by atoms with E-state index in [-0.39, 0.29) is 12.0 Å². The minimum absolute atomic E-state index is 0.259. The summed E-state index contributed by atoms with van der Waals surface area (Å²) in [5.74, 6) is -0.316. The van der Waals surface area contributed by atoms with Crippen molar-refractivity contribution in [1.29, 1.82) is 0 Å². The van der Waals surface area contributed by atoms with E-state index in [1.807, 2.05) is 23.7 Å². The third-order valence-electron chi connectivity index (χ3n) is 4.85. The second-order valence-electron chi connectivity index (χ2n) is 6.56. The molecule has 1 aromatic rings. The van der Waals surface area contributed by atoms with Crippen molar-refractivity contribution in [1.82, 2.24) is 9.79 Å². The Balaban J connectivity index is 1.47. The van der Waals surface area contributed by atoms with Gasteiger partial charge in [-0.1, -0.05) is 42.3 Å². The standard InChI is InChI=1S/C18H26N2O4S/c21-17(19-22)18(8-12-23-13-9-18)25-20-10-6-16(7-11-20)24-14-15-4-2-1-3-5-15/h1-5,16,22H,6-14H2,(H,19,21). The predicted molar refractivity (Wildman–Crippen MR) is 96.1 cm³/mol. The molecule has 0 spiro atoms. The van der Waals surface area contributed by atoms with Crippen LogP contribution in [0.25, 0.3) is 0 Å². The van der Waals surface area contributed by atoms with Crippen LogP contribution in [0.1, 0.15) is 31.2 Å². The Morgan fingerprint density at radius 3 is 2.60 bits per heavy atom. The SMILES string of the molecule is O=C(NO)C1(SN2CCC(OCc3ccccc3)CC2)CCOCC1. The highest BCUT2D eigenvalue weighted by molar-refractivity contribution is 7.99. The lowest BCUT2D eigenvalue weighted by Crippen LogP contribution is -2.50. The van der Waals surface area contributed by atoms with Gasteiger partial charge in [0.2, 0.25) is 0 Å². The van der Waals surface area contributed by atoms with Crippen molar-refractivity contribution < 1.29 is 19.5 Å². The molecule has 2 aliphatic heterocycles. The van der Waals surface area contributed by atoms with Gasteiger partial charge in [0, 0.05) is 26.3 Å². The van der Waals surface area contributed by atoms with E-state index < -0.39 is 4.75 Å². The summed E-state index contributed by atoms with van der Waals surface area (Å²) in [6.45, 7) is 3.51. The molecule has 1 aromatic carbocycles. The van der Waals surface area contributed by atoms with Gasteiger partial charge in [-0.15, -0.1) is 0 Å². The van der Waals surface area contributed by atoms with Gasteiger partial charge in [-0.05, 0) is 31.2 Å². The molecule has 1 amide bonds. The van der Waals surface area contributed by atoms with Gasteiger partial charge in [0.25, 0.3) is 5.91 Å². The molecule has 0 bridgehead atoms. The predicted octanol–water partition coefficient (Wildman–Crippen LogP) is 2.37. The van der Waals surface area contributed by atoms with Crippen molar-refractivity contribution in [3.63, 3.8) is 0 Å². The first-order valence-electron chi connectivity index (χ1n) is 8.84. The summed E-state index contributed by atoms with van der Waals surface area (Å²) < 4.78 is 13.0. The molecule has 0 atom stereocenters. The molecular weight excluding hydrogens is 340 g/mol. The lowest BCUT2D eigenvalue weighted by Gasteiger charge is -2.40. The summed E-state index contributed by atoms with van der Waals surface area (Å²) in [7, 11) is 0. The fourth-order valence-corrected chi connectivity index (χ4v) is 4.65. The lowest BCUT2D eigenvalue weighted by molar-refractivity contribution is -0.134. The Morgan fingerprint density at radius 1 is 1.28 bits per heavy atom. The van der Waals surface area contributed by atoms with Gasteiger partial charge in [0.05, 0.1) is 12.7 Å². The van der Waals surface area contributed by atoms with Gasteiger partial charge in [-0.2, -0.15) is 0 Å². The fraction of sp³-hybridized carbons (Fsp3) is 0.611. The molecule has 0 radical (unpaired) electrons. The molecule has 2 saturated heterocycles. The van der Waals surface area contributed by atoms with Crippen LogP contribution in [0.4, 0.5) is 0 Å². The highest BCUT2D eigenvalue weighted by Gasteiger charge is 2.43. The van der Waals surface area contributed by atoms with E-state index in [0.717, 1.165) is 25.9 Å². The number of ether oxygens (including phenoxy) is 2. The second kappa shape index (κ2) is 9.00. The molecule has 138 valence electrons. The van der Waals surface area contributed by atoms with Crippen molar-refractivity contribution in [3.8, 4) is 0 Å². The van der Waals surface area contributed by atoms with Crippen LogP contribution in [0.2, 0.25) is 0 Å². The van der Waals surface area contributed by atoms with E-state index in [1.165, 1.54) is 5.56 Å². The average molecular weight is 366 g/mol. The van der Waals surface area contributed by atoms with E-state index in [2.05, 4.69) is 16.4 Å². The van der Waals surface area contributed by atoms with Crippen LogP contribution in [-0.2, 0) is 20.9 Å². The maximum Gasteiger partial charge on any atom is 0.261 e. The Labute approximate surface area is 153 Å². The summed E-state index contributed by atoms with van der Waals surface area (Å²) in [6.07, 6.45) is 3.40. The van der Waals surface area contributed by atoms with E-state index in [0.29, 0.717) is 32.7 Å². The topological polar surface area (TPSA) is 71.0 Å². The van der Waals surface area contributed by atoms with Gasteiger partial charge in [-0.25, -0.2) is 9.79 Å². The normalized spacial score (nSPS) is 21.8. The fourth-order valence-electron chi connectivity index (χ4n) is 3.29. The Kier molecular flexibility index (Phi) is 6.72. The number of rotatable bonds is 6. The number of carbonyl (C=O) groups excluding carboxylic acids is 1. The molecule has 7 heteroatoms. The van der Waals surface area contributed by atoms with E-state index in [1.54, 1.807) is 11.9 Å². The first kappa shape index (κ1) is 18.7. The summed E-state index contributed by atoms with van der Waals surface area (Å²) in [5, 5.41) is 9.11. The van der Waals surface area contributed by atoms with Gasteiger partial charge in [0.1, 0.15) is 4.75 Å². The monoisotopic (exact) mass is 366 g/mol. The zero-order valence-corrected chi connectivity index (χ0v) is 15.2. The molecule has 2 fully saturated rings. The smallest absolute Gasteiger partial charge is 0.261 e. The van der Waals surface area contributed by atoms with Gasteiger partial charge >= 0.3 is 0 Å². The van der Waals surface area contributed by atoms with Crippen LogP contribution in [0.15, 0.2) is 30.3 Å². The second-order valence-corrected chi connectivity index (χ2v) is 8.04. The lowest BCUT2D eigenvalue weighted by atomic mass is 9.98. The summed E-state index contributed by atoms with van der Waals surface area (Å²) in [5.41, 5.74) is 3.04. The van der Waals surface area contributed by atoms with E-state index in [4.69, 9.17) is 14.7 Å². The summed E-state index contributed by atoms with van der Waals surface area (Å²) >= 11 is 1.56. The number of benzene rings is 1. The third-order valence-corrected chi connectivity index (χ3v) is 6.42. The number of nitrogens with one attached hydrogen (secondary N) is 1. The van der Waals surface area contributed by atoms with Crippen LogP contribution < -0.4 is 5.48 Å². The van der Waals surface area contributed by atoms with Crippen LogP contribution in [-0.4, -0.2) is 52.6 Å². The highest BCUT2D eigenvalue weighted by atomic mass is 32.2. The van der Waals surface area contributed by atoms with Crippen molar-refractivity contribution in [2.75, 3.05) is 26.3 Å². The molecule has 25 heavy (non-hydrogen) atoms. The van der Waals surface area contributed by atoms with Crippen molar-refractivity contribution in [3.05, 3.63) is 35.9 Å². The molecule has 2 aliphatic rings. The number of hydroxylamine groups is 1. The minimum atomic E-state index is -0.620. The Morgan fingerprint density at radius 2 is 1.96 bits per heavy atom.